The number of thioether (sulfide) groups is 1. The molecule has 0 aliphatic carbocycles. The standard InChI is InChI=1S/C12H12ClNOS2/c13-12-14-5-11(17-12)8-16-7-10-3-1-9(6-15)2-4-10/h1-5,15H,6-8H2. The quantitative estimate of drug-likeness (QED) is 0.909. The third kappa shape index (κ3) is 4.00. The van der Waals surface area contributed by atoms with Crippen molar-refractivity contribution in [3.63, 3.8) is 0 Å². The van der Waals surface area contributed by atoms with Crippen molar-refractivity contribution in [1.82, 2.24) is 4.98 Å². The number of halogens is 1. The van der Waals surface area contributed by atoms with Crippen LogP contribution in [0.4, 0.5) is 0 Å². The number of aliphatic hydroxyl groups excluding tert-OH is 1. The van der Waals surface area contributed by atoms with Gasteiger partial charge in [-0.05, 0) is 11.1 Å². The SMILES string of the molecule is OCc1ccc(CSCc2cnc(Cl)s2)cc1. The molecule has 2 nitrogen and oxygen atoms in total. The summed E-state index contributed by atoms with van der Waals surface area (Å²) in [6, 6.07) is 8.02. The predicted molar refractivity (Wildman–Crippen MR) is 74.5 cm³/mol. The first kappa shape index (κ1) is 12.9. The fraction of sp³-hybridized carbons (Fsp3) is 0.250. The molecule has 0 spiro atoms. The molecule has 1 N–H and O–H groups in total. The first-order valence-corrected chi connectivity index (χ1v) is 7.49. The molecular weight excluding hydrogens is 274 g/mol. The van der Waals surface area contributed by atoms with E-state index in [1.807, 2.05) is 30.1 Å². The third-order valence-electron chi connectivity index (χ3n) is 2.24. The molecule has 0 atom stereocenters. The molecule has 0 radical (unpaired) electrons. The molecular formula is C12H12ClNOS2. The molecule has 90 valence electrons. The lowest BCUT2D eigenvalue weighted by atomic mass is 10.2. The number of thiazole rings is 1. The molecule has 0 aliphatic rings. The minimum Gasteiger partial charge on any atom is -0.392 e. The molecule has 0 bridgehead atoms. The van der Waals surface area contributed by atoms with Gasteiger partial charge in [0.15, 0.2) is 4.47 Å². The Bertz CT molecular complexity index is 470. The Hall–Kier alpha value is -0.550. The van der Waals surface area contributed by atoms with Crippen LogP contribution >= 0.6 is 34.7 Å². The van der Waals surface area contributed by atoms with Crippen molar-refractivity contribution >= 4 is 34.7 Å². The summed E-state index contributed by atoms with van der Waals surface area (Å²) < 4.78 is 0.605. The highest BCUT2D eigenvalue weighted by Crippen LogP contribution is 2.24. The Morgan fingerprint density at radius 1 is 1.18 bits per heavy atom. The number of rotatable bonds is 5. The van der Waals surface area contributed by atoms with Crippen LogP contribution in [-0.2, 0) is 18.1 Å². The normalized spacial score (nSPS) is 10.7. The zero-order valence-corrected chi connectivity index (χ0v) is 11.5. The van der Waals surface area contributed by atoms with E-state index >= 15 is 0 Å². The highest BCUT2D eigenvalue weighted by Gasteiger charge is 2.00. The van der Waals surface area contributed by atoms with Gasteiger partial charge in [-0.2, -0.15) is 11.8 Å². The lowest BCUT2D eigenvalue weighted by molar-refractivity contribution is 0.282. The molecule has 2 aromatic rings. The molecule has 0 saturated carbocycles. The van der Waals surface area contributed by atoms with E-state index in [2.05, 4.69) is 17.1 Å². The molecule has 0 unspecified atom stereocenters. The van der Waals surface area contributed by atoms with Crippen LogP contribution < -0.4 is 0 Å². The summed E-state index contributed by atoms with van der Waals surface area (Å²) >= 11 is 9.13. The van der Waals surface area contributed by atoms with E-state index in [0.29, 0.717) is 4.47 Å². The Morgan fingerprint density at radius 3 is 2.47 bits per heavy atom. The summed E-state index contributed by atoms with van der Waals surface area (Å²) in [5.74, 6) is 1.90. The van der Waals surface area contributed by atoms with E-state index in [9.17, 15) is 0 Å². The highest BCUT2D eigenvalue weighted by molar-refractivity contribution is 7.97. The molecule has 1 heterocycles. The van der Waals surface area contributed by atoms with E-state index in [1.165, 1.54) is 21.8 Å². The number of benzene rings is 1. The van der Waals surface area contributed by atoms with Gasteiger partial charge in [-0.3, -0.25) is 0 Å². The van der Waals surface area contributed by atoms with Crippen LogP contribution in [0.1, 0.15) is 16.0 Å². The van der Waals surface area contributed by atoms with Crippen LogP contribution in [-0.4, -0.2) is 10.1 Å². The van der Waals surface area contributed by atoms with Gasteiger partial charge in [0.25, 0.3) is 0 Å². The molecule has 2 rings (SSSR count). The van der Waals surface area contributed by atoms with Gasteiger partial charge >= 0.3 is 0 Å². The van der Waals surface area contributed by atoms with Gasteiger partial charge in [-0.1, -0.05) is 35.9 Å². The molecule has 1 aromatic heterocycles. The van der Waals surface area contributed by atoms with Crippen molar-refractivity contribution in [2.24, 2.45) is 0 Å². The average molecular weight is 286 g/mol. The molecule has 5 heteroatoms. The topological polar surface area (TPSA) is 33.1 Å². The maximum absolute atomic E-state index is 8.93. The highest BCUT2D eigenvalue weighted by atomic mass is 35.5. The van der Waals surface area contributed by atoms with Gasteiger partial charge in [0.1, 0.15) is 0 Å². The zero-order valence-electron chi connectivity index (χ0n) is 9.10. The number of hydrogen-bond acceptors (Lipinski definition) is 4. The lowest BCUT2D eigenvalue weighted by Crippen LogP contribution is -1.85. The maximum atomic E-state index is 8.93. The van der Waals surface area contributed by atoms with Crippen LogP contribution in [0.5, 0.6) is 0 Å². The number of aliphatic hydroxyl groups is 1. The Balaban J connectivity index is 1.81. The Kier molecular flexibility index (Phi) is 4.86. The van der Waals surface area contributed by atoms with Crippen molar-refractivity contribution in [1.29, 1.82) is 0 Å². The van der Waals surface area contributed by atoms with Crippen molar-refractivity contribution in [3.8, 4) is 0 Å². The van der Waals surface area contributed by atoms with E-state index < -0.39 is 0 Å². The first-order valence-electron chi connectivity index (χ1n) is 5.14. The second-order valence-electron chi connectivity index (χ2n) is 3.55. The van der Waals surface area contributed by atoms with Crippen LogP contribution in [0.25, 0.3) is 0 Å². The second kappa shape index (κ2) is 6.40. The van der Waals surface area contributed by atoms with Crippen LogP contribution in [0.2, 0.25) is 4.47 Å². The Labute approximate surface area is 114 Å². The average Bonchev–Trinajstić information content (AvgIpc) is 2.76. The first-order chi connectivity index (χ1) is 8.28. The van der Waals surface area contributed by atoms with Gasteiger partial charge in [0, 0.05) is 22.6 Å². The van der Waals surface area contributed by atoms with E-state index in [4.69, 9.17) is 16.7 Å². The maximum Gasteiger partial charge on any atom is 0.183 e. The van der Waals surface area contributed by atoms with Gasteiger partial charge in [0.2, 0.25) is 0 Å². The summed E-state index contributed by atoms with van der Waals surface area (Å²) in [6.45, 7) is 0.104. The third-order valence-corrected chi connectivity index (χ3v) is 4.59. The molecule has 0 amide bonds. The van der Waals surface area contributed by atoms with Crippen LogP contribution in [0.3, 0.4) is 0 Å². The fourth-order valence-electron chi connectivity index (χ4n) is 1.36. The minimum atomic E-state index is 0.104. The monoisotopic (exact) mass is 285 g/mol. The summed E-state index contributed by atoms with van der Waals surface area (Å²) in [5.41, 5.74) is 2.22. The van der Waals surface area contributed by atoms with Gasteiger partial charge in [-0.15, -0.1) is 11.3 Å². The van der Waals surface area contributed by atoms with Crippen molar-refractivity contribution in [2.45, 2.75) is 18.1 Å². The summed E-state index contributed by atoms with van der Waals surface area (Å²) in [4.78, 5) is 5.21. The van der Waals surface area contributed by atoms with Crippen molar-refractivity contribution in [3.05, 3.63) is 50.9 Å². The van der Waals surface area contributed by atoms with Crippen molar-refractivity contribution < 1.29 is 5.11 Å². The second-order valence-corrected chi connectivity index (χ2v) is 6.23. The summed E-state index contributed by atoms with van der Waals surface area (Å²) in [7, 11) is 0. The van der Waals surface area contributed by atoms with Crippen LogP contribution in [0, 0.1) is 0 Å². The van der Waals surface area contributed by atoms with E-state index in [1.54, 1.807) is 0 Å². The molecule has 0 fully saturated rings. The fourth-order valence-corrected chi connectivity index (χ4v) is 3.43. The largest absolute Gasteiger partial charge is 0.392 e. The minimum absolute atomic E-state index is 0.104. The van der Waals surface area contributed by atoms with Crippen LogP contribution in [0.15, 0.2) is 30.5 Å². The molecule has 0 saturated heterocycles. The van der Waals surface area contributed by atoms with E-state index in [-0.39, 0.29) is 6.61 Å². The molecule has 0 aliphatic heterocycles. The zero-order chi connectivity index (χ0) is 12.1. The van der Waals surface area contributed by atoms with Crippen molar-refractivity contribution in [2.75, 3.05) is 0 Å². The lowest BCUT2D eigenvalue weighted by Gasteiger charge is -2.01. The molecule has 17 heavy (non-hydrogen) atoms. The van der Waals surface area contributed by atoms with Gasteiger partial charge in [-0.25, -0.2) is 4.98 Å². The smallest absolute Gasteiger partial charge is 0.183 e. The van der Waals surface area contributed by atoms with Gasteiger partial charge in [0.05, 0.1) is 6.61 Å². The summed E-state index contributed by atoms with van der Waals surface area (Å²) in [5, 5.41) is 8.93. The van der Waals surface area contributed by atoms with E-state index in [0.717, 1.165) is 17.1 Å². The Morgan fingerprint density at radius 2 is 1.88 bits per heavy atom. The summed E-state index contributed by atoms with van der Waals surface area (Å²) in [6.07, 6.45) is 1.83. The van der Waals surface area contributed by atoms with Gasteiger partial charge < -0.3 is 5.11 Å². The molecule has 1 aromatic carbocycles. The number of hydrogen-bond donors (Lipinski definition) is 1. The number of aromatic nitrogens is 1. The number of nitrogens with zero attached hydrogens (tertiary/aromatic N) is 1. The predicted octanol–water partition coefficient (Wildman–Crippen LogP) is 3.72.